The molecule has 2 aromatic heterocycles. The molecule has 1 aromatic carbocycles. The number of para-hydroxylation sites is 1. The van der Waals surface area contributed by atoms with E-state index in [0.29, 0.717) is 18.1 Å². The summed E-state index contributed by atoms with van der Waals surface area (Å²) in [4.78, 5) is 10.9. The molecule has 0 saturated heterocycles. The van der Waals surface area contributed by atoms with Gasteiger partial charge in [0.05, 0.1) is 16.3 Å². The molecule has 0 saturated carbocycles. The summed E-state index contributed by atoms with van der Waals surface area (Å²) in [5.74, 6) is 0.634. The average Bonchev–Trinajstić information content (AvgIpc) is 3.14. The molecule has 0 unspecified atom stereocenters. The summed E-state index contributed by atoms with van der Waals surface area (Å²) >= 11 is 0. The fourth-order valence-electron chi connectivity index (χ4n) is 3.00. The van der Waals surface area contributed by atoms with Crippen LogP contribution < -0.4 is 5.32 Å². The zero-order chi connectivity index (χ0) is 18.8. The SMILES string of the molecule is Cc1nn(C)c(NCc2cn(-c3ccccc3)nc2C(C)C)c1[N+](=O)[O-]. The molecule has 0 bridgehead atoms. The molecule has 0 aliphatic carbocycles. The van der Waals surface area contributed by atoms with Crippen LogP contribution in [-0.4, -0.2) is 24.5 Å². The maximum Gasteiger partial charge on any atom is 0.333 e. The zero-order valence-corrected chi connectivity index (χ0v) is 15.3. The third-order valence-corrected chi connectivity index (χ3v) is 4.21. The van der Waals surface area contributed by atoms with Crippen LogP contribution in [0.2, 0.25) is 0 Å². The van der Waals surface area contributed by atoms with Crippen molar-refractivity contribution >= 4 is 11.5 Å². The van der Waals surface area contributed by atoms with Gasteiger partial charge in [0.1, 0.15) is 5.69 Å². The Morgan fingerprint density at radius 1 is 1.23 bits per heavy atom. The van der Waals surface area contributed by atoms with Crippen LogP contribution in [0.3, 0.4) is 0 Å². The Hall–Kier alpha value is -3.16. The first-order valence-electron chi connectivity index (χ1n) is 8.44. The molecule has 0 atom stereocenters. The summed E-state index contributed by atoms with van der Waals surface area (Å²) in [6, 6.07) is 9.87. The fraction of sp³-hybridized carbons (Fsp3) is 0.333. The minimum absolute atomic E-state index is 0.00838. The average molecular weight is 354 g/mol. The molecular formula is C18H22N6O2. The van der Waals surface area contributed by atoms with Gasteiger partial charge in [-0.3, -0.25) is 10.1 Å². The number of nitrogens with zero attached hydrogens (tertiary/aromatic N) is 5. The third-order valence-electron chi connectivity index (χ3n) is 4.21. The van der Waals surface area contributed by atoms with Gasteiger partial charge in [0, 0.05) is 25.4 Å². The van der Waals surface area contributed by atoms with Crippen molar-refractivity contribution < 1.29 is 4.92 Å². The first-order chi connectivity index (χ1) is 12.4. The lowest BCUT2D eigenvalue weighted by atomic mass is 10.1. The molecule has 3 rings (SSSR count). The van der Waals surface area contributed by atoms with Crippen LogP contribution in [0.15, 0.2) is 36.5 Å². The Kier molecular flexibility index (Phi) is 4.75. The van der Waals surface area contributed by atoms with Crippen molar-refractivity contribution in [3.8, 4) is 5.69 Å². The predicted molar refractivity (Wildman–Crippen MR) is 99.6 cm³/mol. The van der Waals surface area contributed by atoms with Gasteiger partial charge in [0.25, 0.3) is 0 Å². The minimum atomic E-state index is -0.401. The lowest BCUT2D eigenvalue weighted by Crippen LogP contribution is -2.07. The van der Waals surface area contributed by atoms with Crippen LogP contribution in [0.25, 0.3) is 5.69 Å². The summed E-state index contributed by atoms with van der Waals surface area (Å²) in [6.45, 7) is 6.23. The number of rotatable bonds is 6. The van der Waals surface area contributed by atoms with E-state index in [1.54, 1.807) is 14.0 Å². The highest BCUT2D eigenvalue weighted by Gasteiger charge is 2.24. The van der Waals surface area contributed by atoms with E-state index >= 15 is 0 Å². The van der Waals surface area contributed by atoms with Gasteiger partial charge in [-0.15, -0.1) is 0 Å². The highest BCUT2D eigenvalue weighted by atomic mass is 16.6. The van der Waals surface area contributed by atoms with Crippen LogP contribution in [-0.2, 0) is 13.6 Å². The molecule has 0 spiro atoms. The maximum atomic E-state index is 11.3. The highest BCUT2D eigenvalue weighted by Crippen LogP contribution is 2.28. The molecule has 136 valence electrons. The Morgan fingerprint density at radius 2 is 1.92 bits per heavy atom. The van der Waals surface area contributed by atoms with Crippen molar-refractivity contribution in [2.75, 3.05) is 5.32 Å². The number of hydrogen-bond acceptors (Lipinski definition) is 5. The molecule has 0 radical (unpaired) electrons. The van der Waals surface area contributed by atoms with Gasteiger partial charge in [-0.25, -0.2) is 9.36 Å². The highest BCUT2D eigenvalue weighted by molar-refractivity contribution is 5.59. The number of benzene rings is 1. The summed E-state index contributed by atoms with van der Waals surface area (Å²) < 4.78 is 3.35. The molecule has 0 aliphatic heterocycles. The van der Waals surface area contributed by atoms with E-state index in [4.69, 9.17) is 5.10 Å². The summed E-state index contributed by atoms with van der Waals surface area (Å²) in [5.41, 5.74) is 3.33. The van der Waals surface area contributed by atoms with E-state index in [1.807, 2.05) is 41.2 Å². The van der Waals surface area contributed by atoms with E-state index in [9.17, 15) is 10.1 Å². The first kappa shape index (κ1) is 17.7. The molecule has 0 aliphatic rings. The van der Waals surface area contributed by atoms with Gasteiger partial charge in [-0.2, -0.15) is 10.2 Å². The van der Waals surface area contributed by atoms with E-state index in [0.717, 1.165) is 16.9 Å². The Morgan fingerprint density at radius 3 is 2.54 bits per heavy atom. The summed E-state index contributed by atoms with van der Waals surface area (Å²) in [7, 11) is 1.69. The van der Waals surface area contributed by atoms with Crippen LogP contribution in [0.5, 0.6) is 0 Å². The van der Waals surface area contributed by atoms with Gasteiger partial charge in [-0.1, -0.05) is 32.0 Å². The second-order valence-electron chi connectivity index (χ2n) is 6.49. The molecule has 1 N–H and O–H groups in total. The van der Waals surface area contributed by atoms with Crippen LogP contribution >= 0.6 is 0 Å². The van der Waals surface area contributed by atoms with Gasteiger partial charge >= 0.3 is 5.69 Å². The topological polar surface area (TPSA) is 90.8 Å². The number of aromatic nitrogens is 4. The Bertz CT molecular complexity index is 927. The largest absolute Gasteiger partial charge is 0.360 e. The number of nitrogens with one attached hydrogen (secondary N) is 1. The lowest BCUT2D eigenvalue weighted by molar-refractivity contribution is -0.384. The second kappa shape index (κ2) is 6.99. The monoisotopic (exact) mass is 354 g/mol. The molecule has 8 heteroatoms. The fourth-order valence-corrected chi connectivity index (χ4v) is 3.00. The Balaban J connectivity index is 1.91. The van der Waals surface area contributed by atoms with Crippen LogP contribution in [0.4, 0.5) is 11.5 Å². The number of anilines is 1. The van der Waals surface area contributed by atoms with Crippen molar-refractivity contribution in [3.63, 3.8) is 0 Å². The summed E-state index contributed by atoms with van der Waals surface area (Å²) in [5, 5.41) is 23.3. The summed E-state index contributed by atoms with van der Waals surface area (Å²) in [6.07, 6.45) is 1.97. The van der Waals surface area contributed by atoms with Crippen molar-refractivity contribution in [2.45, 2.75) is 33.2 Å². The first-order valence-corrected chi connectivity index (χ1v) is 8.44. The van der Waals surface area contributed by atoms with Crippen molar-refractivity contribution in [2.24, 2.45) is 7.05 Å². The molecule has 8 nitrogen and oxygen atoms in total. The van der Waals surface area contributed by atoms with Crippen LogP contribution in [0.1, 0.15) is 36.7 Å². The van der Waals surface area contributed by atoms with E-state index in [2.05, 4.69) is 24.3 Å². The molecule has 26 heavy (non-hydrogen) atoms. The number of aryl methyl sites for hydroxylation is 2. The third kappa shape index (κ3) is 3.30. The minimum Gasteiger partial charge on any atom is -0.360 e. The van der Waals surface area contributed by atoms with E-state index in [-0.39, 0.29) is 11.6 Å². The maximum absolute atomic E-state index is 11.3. The normalized spacial score (nSPS) is 11.1. The number of nitro groups is 1. The lowest BCUT2D eigenvalue weighted by Gasteiger charge is -2.08. The van der Waals surface area contributed by atoms with Crippen molar-refractivity contribution in [1.82, 2.24) is 19.6 Å². The van der Waals surface area contributed by atoms with Gasteiger partial charge in [0.15, 0.2) is 0 Å². The van der Waals surface area contributed by atoms with E-state index < -0.39 is 4.92 Å². The molecule has 0 amide bonds. The second-order valence-corrected chi connectivity index (χ2v) is 6.49. The molecule has 3 aromatic rings. The quantitative estimate of drug-likeness (QED) is 0.540. The van der Waals surface area contributed by atoms with Crippen LogP contribution in [0, 0.1) is 17.0 Å². The Labute approximate surface area is 151 Å². The molecule has 0 fully saturated rings. The smallest absolute Gasteiger partial charge is 0.333 e. The molecular weight excluding hydrogens is 332 g/mol. The van der Waals surface area contributed by atoms with E-state index in [1.165, 1.54) is 4.68 Å². The standard InChI is InChI=1S/C18H22N6O2/c1-12(2)16-14(11-23(21-16)15-8-6-5-7-9-15)10-19-18-17(24(25)26)13(3)20-22(18)4/h5-9,11-12,19H,10H2,1-4H3. The predicted octanol–water partition coefficient (Wildman–Crippen LogP) is 3.56. The van der Waals surface area contributed by atoms with Crippen molar-refractivity contribution in [3.05, 3.63) is 63.6 Å². The van der Waals surface area contributed by atoms with Gasteiger partial charge in [0.2, 0.25) is 5.82 Å². The zero-order valence-electron chi connectivity index (χ0n) is 15.3. The van der Waals surface area contributed by atoms with Gasteiger partial charge in [-0.05, 0) is 25.0 Å². The molecule has 2 heterocycles. The number of hydrogen-bond donors (Lipinski definition) is 1. The van der Waals surface area contributed by atoms with Crippen molar-refractivity contribution in [1.29, 1.82) is 0 Å². The van der Waals surface area contributed by atoms with Gasteiger partial charge < -0.3 is 5.32 Å².